The van der Waals surface area contributed by atoms with Crippen LogP contribution in [-0.2, 0) is 11.0 Å². The molecule has 0 atom stereocenters. The summed E-state index contributed by atoms with van der Waals surface area (Å²) in [6.07, 6.45) is -1.09. The van der Waals surface area contributed by atoms with E-state index in [9.17, 15) is 22.4 Å². The Labute approximate surface area is 186 Å². The Hall–Kier alpha value is -3.01. The van der Waals surface area contributed by atoms with Crippen LogP contribution in [0.2, 0.25) is 0 Å². The van der Waals surface area contributed by atoms with E-state index < -0.39 is 11.7 Å². The first kappa shape index (κ1) is 22.2. The van der Waals surface area contributed by atoms with Crippen LogP contribution < -0.4 is 4.90 Å². The first-order chi connectivity index (χ1) is 15.3. The molecule has 1 aromatic heterocycles. The van der Waals surface area contributed by atoms with Gasteiger partial charge in [0.1, 0.15) is 5.82 Å². The van der Waals surface area contributed by atoms with Crippen LogP contribution in [0.5, 0.6) is 0 Å². The van der Waals surface area contributed by atoms with Crippen molar-refractivity contribution >= 4 is 23.4 Å². The highest BCUT2D eigenvalue weighted by Gasteiger charge is 2.31. The lowest BCUT2D eigenvalue weighted by Crippen LogP contribution is -2.49. The fourth-order valence-electron chi connectivity index (χ4n) is 3.53. The summed E-state index contributed by atoms with van der Waals surface area (Å²) in [5, 5.41) is 0.576. The number of benzene rings is 2. The first-order valence-electron chi connectivity index (χ1n) is 9.93. The van der Waals surface area contributed by atoms with Crippen molar-refractivity contribution < 1.29 is 22.4 Å². The monoisotopic (exact) mass is 464 g/mol. The van der Waals surface area contributed by atoms with E-state index in [-0.39, 0.29) is 17.5 Å². The molecule has 168 valence electrons. The number of thioether (sulfide) groups is 1. The van der Waals surface area contributed by atoms with Crippen molar-refractivity contribution in [1.82, 2.24) is 14.5 Å². The van der Waals surface area contributed by atoms with Crippen molar-refractivity contribution in [2.75, 3.05) is 36.8 Å². The average Bonchev–Trinajstić information content (AvgIpc) is 3.26. The number of imidazole rings is 1. The summed E-state index contributed by atoms with van der Waals surface area (Å²) in [6.45, 7) is 1.76. The lowest BCUT2D eigenvalue weighted by molar-refractivity contribution is -0.137. The number of anilines is 1. The topological polar surface area (TPSA) is 41.4 Å². The van der Waals surface area contributed by atoms with Gasteiger partial charge in [-0.3, -0.25) is 9.36 Å². The molecule has 0 bridgehead atoms. The van der Waals surface area contributed by atoms with Crippen LogP contribution in [-0.4, -0.2) is 52.3 Å². The minimum Gasteiger partial charge on any atom is -0.368 e. The molecule has 32 heavy (non-hydrogen) atoms. The number of piperazine rings is 1. The molecule has 0 spiro atoms. The molecule has 0 N–H and O–H groups in total. The minimum atomic E-state index is -4.39. The maximum atomic E-state index is 13.5. The van der Waals surface area contributed by atoms with Crippen molar-refractivity contribution in [2.24, 2.45) is 0 Å². The van der Waals surface area contributed by atoms with Crippen LogP contribution in [0.3, 0.4) is 0 Å². The Morgan fingerprint density at radius 3 is 2.44 bits per heavy atom. The normalized spacial score (nSPS) is 14.6. The highest BCUT2D eigenvalue weighted by atomic mass is 32.2. The zero-order chi connectivity index (χ0) is 22.7. The van der Waals surface area contributed by atoms with Gasteiger partial charge in [0.2, 0.25) is 5.91 Å². The van der Waals surface area contributed by atoms with E-state index in [1.807, 2.05) is 4.90 Å². The van der Waals surface area contributed by atoms with Crippen molar-refractivity contribution in [1.29, 1.82) is 0 Å². The molecule has 2 heterocycles. The molecule has 0 saturated carbocycles. The second-order valence-electron chi connectivity index (χ2n) is 7.26. The molecule has 2 aromatic carbocycles. The van der Waals surface area contributed by atoms with Crippen LogP contribution in [0.4, 0.5) is 23.2 Å². The minimum absolute atomic E-state index is 0.0764. The Kier molecular flexibility index (Phi) is 6.40. The van der Waals surface area contributed by atoms with Crippen LogP contribution in [0.15, 0.2) is 66.1 Å². The lowest BCUT2D eigenvalue weighted by Gasteiger charge is -2.36. The summed E-state index contributed by atoms with van der Waals surface area (Å²) >= 11 is 1.26. The molecule has 1 aliphatic heterocycles. The maximum absolute atomic E-state index is 13.5. The number of carbonyl (C=O) groups excluding carboxylic acids is 1. The summed E-state index contributed by atoms with van der Waals surface area (Å²) in [4.78, 5) is 20.5. The predicted octanol–water partition coefficient (Wildman–Crippen LogP) is 4.47. The summed E-state index contributed by atoms with van der Waals surface area (Å²) in [5.41, 5.74) is 0.435. The highest BCUT2D eigenvalue weighted by Crippen LogP contribution is 2.32. The van der Waals surface area contributed by atoms with Crippen molar-refractivity contribution in [3.8, 4) is 5.69 Å². The molecule has 3 aromatic rings. The van der Waals surface area contributed by atoms with Gasteiger partial charge in [-0.15, -0.1) is 0 Å². The van der Waals surface area contributed by atoms with Crippen LogP contribution in [0.25, 0.3) is 5.69 Å². The van der Waals surface area contributed by atoms with Gasteiger partial charge in [0, 0.05) is 44.3 Å². The predicted molar refractivity (Wildman–Crippen MR) is 114 cm³/mol. The molecule has 1 fully saturated rings. The molecule has 1 saturated heterocycles. The molecule has 4 rings (SSSR count). The van der Waals surface area contributed by atoms with E-state index in [1.165, 1.54) is 30.0 Å². The average molecular weight is 464 g/mol. The van der Waals surface area contributed by atoms with E-state index in [2.05, 4.69) is 4.98 Å². The SMILES string of the molecule is O=C(CSc1nccn1-c1cccc(F)c1)N1CCN(c2cccc(C(F)(F)F)c2)CC1. The third-order valence-electron chi connectivity index (χ3n) is 5.19. The largest absolute Gasteiger partial charge is 0.416 e. The number of rotatable bonds is 5. The van der Waals surface area contributed by atoms with Gasteiger partial charge in [0.05, 0.1) is 17.0 Å². The quantitative estimate of drug-likeness (QED) is 0.413. The number of nitrogens with zero attached hydrogens (tertiary/aromatic N) is 4. The molecule has 0 unspecified atom stereocenters. The number of hydrogen-bond acceptors (Lipinski definition) is 4. The van der Waals surface area contributed by atoms with E-state index in [4.69, 9.17) is 0 Å². The number of aromatic nitrogens is 2. The maximum Gasteiger partial charge on any atom is 0.416 e. The van der Waals surface area contributed by atoms with Gasteiger partial charge < -0.3 is 9.80 Å². The molecule has 1 aliphatic rings. The van der Waals surface area contributed by atoms with Gasteiger partial charge in [0.15, 0.2) is 5.16 Å². The first-order valence-corrected chi connectivity index (χ1v) is 10.9. The lowest BCUT2D eigenvalue weighted by atomic mass is 10.1. The van der Waals surface area contributed by atoms with Gasteiger partial charge in [-0.05, 0) is 36.4 Å². The summed E-state index contributed by atoms with van der Waals surface area (Å²) in [6, 6.07) is 11.3. The second-order valence-corrected chi connectivity index (χ2v) is 8.21. The third-order valence-corrected chi connectivity index (χ3v) is 6.14. The zero-order valence-corrected chi connectivity index (χ0v) is 17.7. The molecule has 1 amide bonds. The summed E-state index contributed by atoms with van der Waals surface area (Å²) < 4.78 is 54.1. The zero-order valence-electron chi connectivity index (χ0n) is 16.9. The molecule has 0 radical (unpaired) electrons. The van der Waals surface area contributed by atoms with Crippen molar-refractivity contribution in [2.45, 2.75) is 11.3 Å². The number of hydrogen-bond donors (Lipinski definition) is 0. The molecule has 10 heteroatoms. The fraction of sp³-hybridized carbons (Fsp3) is 0.273. The Morgan fingerprint density at radius 1 is 1.00 bits per heavy atom. The van der Waals surface area contributed by atoms with Gasteiger partial charge in [-0.25, -0.2) is 9.37 Å². The van der Waals surface area contributed by atoms with Crippen molar-refractivity contribution in [3.05, 3.63) is 72.3 Å². The third kappa shape index (κ3) is 5.07. The molecular weight excluding hydrogens is 444 g/mol. The molecular formula is C22H20F4N4OS. The van der Waals surface area contributed by atoms with Crippen LogP contribution in [0.1, 0.15) is 5.56 Å². The van der Waals surface area contributed by atoms with Gasteiger partial charge in [-0.1, -0.05) is 23.9 Å². The summed E-state index contributed by atoms with van der Waals surface area (Å²) in [5.74, 6) is -0.273. The van der Waals surface area contributed by atoms with Crippen LogP contribution >= 0.6 is 11.8 Å². The smallest absolute Gasteiger partial charge is 0.368 e. The second kappa shape index (κ2) is 9.23. The number of alkyl halides is 3. The van der Waals surface area contributed by atoms with Gasteiger partial charge in [-0.2, -0.15) is 13.2 Å². The van der Waals surface area contributed by atoms with Gasteiger partial charge >= 0.3 is 6.18 Å². The van der Waals surface area contributed by atoms with Gasteiger partial charge in [0.25, 0.3) is 0 Å². The number of carbonyl (C=O) groups is 1. The molecule has 5 nitrogen and oxygen atoms in total. The Morgan fingerprint density at radius 2 is 1.72 bits per heavy atom. The molecule has 0 aliphatic carbocycles. The fourth-order valence-corrected chi connectivity index (χ4v) is 4.41. The Bertz CT molecular complexity index is 1090. The van der Waals surface area contributed by atoms with E-state index in [0.717, 1.165) is 12.1 Å². The number of halogens is 4. The highest BCUT2D eigenvalue weighted by molar-refractivity contribution is 7.99. The Balaban J connectivity index is 1.33. The van der Waals surface area contributed by atoms with E-state index in [0.29, 0.717) is 42.7 Å². The standard InChI is InChI=1S/C22H20F4N4OS/c23-17-4-2-6-19(14-17)30-8-7-27-21(30)32-15-20(31)29-11-9-28(10-12-29)18-5-1-3-16(13-18)22(24,25)26/h1-8,13-14H,9-12,15H2. The number of amides is 1. The van der Waals surface area contributed by atoms with E-state index >= 15 is 0 Å². The van der Waals surface area contributed by atoms with E-state index in [1.54, 1.807) is 40.1 Å². The summed E-state index contributed by atoms with van der Waals surface area (Å²) in [7, 11) is 0. The van der Waals surface area contributed by atoms with Crippen LogP contribution in [0, 0.1) is 5.82 Å². The van der Waals surface area contributed by atoms with Crippen molar-refractivity contribution in [3.63, 3.8) is 0 Å².